The van der Waals surface area contributed by atoms with Crippen LogP contribution >= 0.6 is 11.6 Å². The van der Waals surface area contributed by atoms with Crippen LogP contribution in [-0.2, 0) is 0 Å². The van der Waals surface area contributed by atoms with Crippen LogP contribution in [0.4, 0.5) is 0 Å². The first kappa shape index (κ1) is 8.15. The van der Waals surface area contributed by atoms with Crippen molar-refractivity contribution in [3.05, 3.63) is 34.5 Å². The van der Waals surface area contributed by atoms with Crippen molar-refractivity contribution in [3.63, 3.8) is 0 Å². The van der Waals surface area contributed by atoms with Crippen LogP contribution in [0.5, 0.6) is 0 Å². The predicted octanol–water partition coefficient (Wildman–Crippen LogP) is 3.00. The average molecular weight is 191 g/mol. The maximum absolute atomic E-state index is 8.74. The second-order valence-electron chi connectivity index (χ2n) is 2.95. The van der Waals surface area contributed by atoms with Gasteiger partial charge < -0.3 is 4.98 Å². The van der Waals surface area contributed by atoms with Gasteiger partial charge in [0.2, 0.25) is 0 Å². The van der Waals surface area contributed by atoms with Gasteiger partial charge in [0, 0.05) is 16.6 Å². The summed E-state index contributed by atoms with van der Waals surface area (Å²) in [5, 5.41) is 10.2. The molecule has 0 bridgehead atoms. The van der Waals surface area contributed by atoms with E-state index >= 15 is 0 Å². The molecule has 3 heteroatoms. The third-order valence-corrected chi connectivity index (χ3v) is 2.40. The minimum Gasteiger partial charge on any atom is -0.359 e. The van der Waals surface area contributed by atoms with Gasteiger partial charge in [-0.2, -0.15) is 5.26 Å². The monoisotopic (exact) mass is 190 g/mol. The SMILES string of the molecule is Cc1cc2c(Cl)c(C#N)ccc2[nH]1. The topological polar surface area (TPSA) is 39.6 Å². The van der Waals surface area contributed by atoms with E-state index in [2.05, 4.69) is 11.1 Å². The fourth-order valence-electron chi connectivity index (χ4n) is 1.39. The van der Waals surface area contributed by atoms with E-state index in [0.717, 1.165) is 16.6 Å². The maximum atomic E-state index is 8.74. The standard InChI is InChI=1S/C10H7ClN2/c1-6-4-8-9(13-6)3-2-7(5-12)10(8)11/h2-4,13H,1H3. The second kappa shape index (κ2) is 2.79. The van der Waals surface area contributed by atoms with Crippen LogP contribution in [0.2, 0.25) is 5.02 Å². The van der Waals surface area contributed by atoms with E-state index < -0.39 is 0 Å². The van der Waals surface area contributed by atoms with Crippen molar-refractivity contribution in [2.24, 2.45) is 0 Å². The fraction of sp³-hybridized carbons (Fsp3) is 0.100. The number of nitrogens with zero attached hydrogens (tertiary/aromatic N) is 1. The summed E-state index contributed by atoms with van der Waals surface area (Å²) in [6.45, 7) is 1.96. The fourth-order valence-corrected chi connectivity index (χ4v) is 1.66. The van der Waals surface area contributed by atoms with Gasteiger partial charge in [-0.05, 0) is 25.1 Å². The Morgan fingerprint density at radius 2 is 2.23 bits per heavy atom. The van der Waals surface area contributed by atoms with Crippen molar-refractivity contribution in [1.82, 2.24) is 4.98 Å². The molecule has 0 aliphatic heterocycles. The molecule has 0 aliphatic rings. The lowest BCUT2D eigenvalue weighted by Crippen LogP contribution is -1.77. The Morgan fingerprint density at radius 1 is 1.46 bits per heavy atom. The number of hydrogen-bond donors (Lipinski definition) is 1. The zero-order chi connectivity index (χ0) is 9.42. The third-order valence-electron chi connectivity index (χ3n) is 1.99. The number of hydrogen-bond acceptors (Lipinski definition) is 1. The van der Waals surface area contributed by atoms with E-state index in [0.29, 0.717) is 10.6 Å². The molecule has 0 radical (unpaired) electrons. The summed E-state index contributed by atoms with van der Waals surface area (Å²) in [5.41, 5.74) is 2.54. The van der Waals surface area contributed by atoms with Gasteiger partial charge in [0.1, 0.15) is 6.07 Å². The molecule has 0 saturated heterocycles. The molecule has 1 N–H and O–H groups in total. The van der Waals surface area contributed by atoms with E-state index in [1.54, 1.807) is 6.07 Å². The van der Waals surface area contributed by atoms with Crippen LogP contribution < -0.4 is 0 Å². The lowest BCUT2D eigenvalue weighted by molar-refractivity contribution is 1.30. The van der Waals surface area contributed by atoms with E-state index in [1.807, 2.05) is 19.1 Å². The third kappa shape index (κ3) is 1.18. The van der Waals surface area contributed by atoms with Gasteiger partial charge in [0.05, 0.1) is 10.6 Å². The second-order valence-corrected chi connectivity index (χ2v) is 3.33. The van der Waals surface area contributed by atoms with Crippen molar-refractivity contribution in [3.8, 4) is 6.07 Å². The summed E-state index contributed by atoms with van der Waals surface area (Å²) in [6, 6.07) is 7.58. The van der Waals surface area contributed by atoms with Crippen LogP contribution in [-0.4, -0.2) is 4.98 Å². The molecule has 13 heavy (non-hydrogen) atoms. The van der Waals surface area contributed by atoms with Crippen molar-refractivity contribution in [2.75, 3.05) is 0 Å². The van der Waals surface area contributed by atoms with E-state index in [4.69, 9.17) is 16.9 Å². The average Bonchev–Trinajstić information content (AvgIpc) is 2.47. The van der Waals surface area contributed by atoms with Crippen LogP contribution in [0, 0.1) is 18.3 Å². The Morgan fingerprint density at radius 3 is 2.92 bits per heavy atom. The normalized spacial score (nSPS) is 10.2. The summed E-state index contributed by atoms with van der Waals surface area (Å²) in [4.78, 5) is 3.16. The number of halogens is 1. The summed E-state index contributed by atoms with van der Waals surface area (Å²) < 4.78 is 0. The first-order valence-electron chi connectivity index (χ1n) is 3.90. The molecular formula is C10H7ClN2. The number of rotatable bonds is 0. The molecule has 0 aliphatic carbocycles. The first-order chi connectivity index (χ1) is 6.22. The molecule has 1 aromatic heterocycles. The van der Waals surface area contributed by atoms with Crippen LogP contribution in [0.25, 0.3) is 10.9 Å². The molecule has 0 atom stereocenters. The molecule has 2 rings (SSSR count). The summed E-state index contributed by atoms with van der Waals surface area (Å²) >= 11 is 6.01. The first-order valence-corrected chi connectivity index (χ1v) is 4.28. The Balaban J connectivity index is 2.87. The van der Waals surface area contributed by atoms with E-state index in [1.165, 1.54) is 0 Å². The number of nitrogens with one attached hydrogen (secondary N) is 1. The lowest BCUT2D eigenvalue weighted by atomic mass is 10.2. The zero-order valence-corrected chi connectivity index (χ0v) is 7.81. The van der Waals surface area contributed by atoms with Gasteiger partial charge in [-0.15, -0.1) is 0 Å². The highest BCUT2D eigenvalue weighted by Gasteiger charge is 2.06. The van der Waals surface area contributed by atoms with Gasteiger partial charge in [0.25, 0.3) is 0 Å². The maximum Gasteiger partial charge on any atom is 0.101 e. The molecule has 2 nitrogen and oxygen atoms in total. The number of H-pyrrole nitrogens is 1. The Labute approximate surface area is 80.7 Å². The largest absolute Gasteiger partial charge is 0.359 e. The summed E-state index contributed by atoms with van der Waals surface area (Å²) in [6.07, 6.45) is 0. The molecule has 0 spiro atoms. The lowest BCUT2D eigenvalue weighted by Gasteiger charge is -1.95. The highest BCUT2D eigenvalue weighted by Crippen LogP contribution is 2.27. The van der Waals surface area contributed by atoms with Crippen LogP contribution in [0.15, 0.2) is 18.2 Å². The van der Waals surface area contributed by atoms with E-state index in [9.17, 15) is 0 Å². The highest BCUT2D eigenvalue weighted by atomic mass is 35.5. The highest BCUT2D eigenvalue weighted by molar-refractivity contribution is 6.36. The van der Waals surface area contributed by atoms with Gasteiger partial charge in [-0.3, -0.25) is 0 Å². The molecule has 0 unspecified atom stereocenters. The Hall–Kier alpha value is -1.46. The smallest absolute Gasteiger partial charge is 0.101 e. The number of aryl methyl sites for hydroxylation is 1. The van der Waals surface area contributed by atoms with E-state index in [-0.39, 0.29) is 0 Å². The Bertz CT molecular complexity index is 505. The molecule has 0 fully saturated rings. The molecular weight excluding hydrogens is 184 g/mol. The Kier molecular flexibility index (Phi) is 1.75. The van der Waals surface area contributed by atoms with Gasteiger partial charge in [-0.25, -0.2) is 0 Å². The van der Waals surface area contributed by atoms with Crippen LogP contribution in [0.1, 0.15) is 11.3 Å². The minimum absolute atomic E-state index is 0.521. The van der Waals surface area contributed by atoms with Gasteiger partial charge in [-0.1, -0.05) is 11.6 Å². The number of nitriles is 1. The number of benzene rings is 1. The van der Waals surface area contributed by atoms with Crippen LogP contribution in [0.3, 0.4) is 0 Å². The predicted molar refractivity (Wildman–Crippen MR) is 52.8 cm³/mol. The van der Waals surface area contributed by atoms with Gasteiger partial charge in [0.15, 0.2) is 0 Å². The molecule has 64 valence electrons. The number of aromatic amines is 1. The molecule has 0 amide bonds. The minimum atomic E-state index is 0.521. The van der Waals surface area contributed by atoms with Gasteiger partial charge >= 0.3 is 0 Å². The summed E-state index contributed by atoms with van der Waals surface area (Å²) in [7, 11) is 0. The quantitative estimate of drug-likeness (QED) is 0.682. The van der Waals surface area contributed by atoms with Crippen molar-refractivity contribution >= 4 is 22.5 Å². The molecule has 1 heterocycles. The van der Waals surface area contributed by atoms with Crippen molar-refractivity contribution < 1.29 is 0 Å². The summed E-state index contributed by atoms with van der Waals surface area (Å²) in [5.74, 6) is 0. The molecule has 2 aromatic rings. The molecule has 0 saturated carbocycles. The number of fused-ring (bicyclic) bond motifs is 1. The van der Waals surface area contributed by atoms with Crippen molar-refractivity contribution in [2.45, 2.75) is 6.92 Å². The zero-order valence-electron chi connectivity index (χ0n) is 7.06. The molecule has 1 aromatic carbocycles. The van der Waals surface area contributed by atoms with Crippen molar-refractivity contribution in [1.29, 1.82) is 5.26 Å². The number of aromatic nitrogens is 1.